The largest absolute Gasteiger partial charge is 0.433 e. The summed E-state index contributed by atoms with van der Waals surface area (Å²) in [5.41, 5.74) is -0.461. The maximum atomic E-state index is 12.4. The molecule has 0 aliphatic heterocycles. The Balaban J connectivity index is 1.80. The van der Waals surface area contributed by atoms with E-state index < -0.39 is 11.9 Å². The Labute approximate surface area is 122 Å². The molecule has 0 saturated carbocycles. The lowest BCUT2D eigenvalue weighted by Crippen LogP contribution is -2.28. The van der Waals surface area contributed by atoms with Gasteiger partial charge in [-0.2, -0.15) is 24.5 Å². The van der Waals surface area contributed by atoms with Gasteiger partial charge in [0.05, 0.1) is 0 Å². The molecular formula is C12H11F3N4OS. The molecule has 0 aliphatic rings. The first-order valence-corrected chi connectivity index (χ1v) is 6.85. The number of carbonyl (C=O) groups excluding carboxylic acids is 1. The zero-order chi connectivity index (χ0) is 15.3. The highest BCUT2D eigenvalue weighted by Gasteiger charge is 2.32. The van der Waals surface area contributed by atoms with Gasteiger partial charge in [0.15, 0.2) is 0 Å². The first-order valence-electron chi connectivity index (χ1n) is 5.91. The van der Waals surface area contributed by atoms with E-state index in [4.69, 9.17) is 0 Å². The van der Waals surface area contributed by atoms with Crippen molar-refractivity contribution in [3.8, 4) is 0 Å². The fourth-order valence-electron chi connectivity index (χ4n) is 1.45. The van der Waals surface area contributed by atoms with E-state index in [1.165, 1.54) is 11.3 Å². The van der Waals surface area contributed by atoms with Crippen molar-refractivity contribution in [1.29, 1.82) is 0 Å². The van der Waals surface area contributed by atoms with Gasteiger partial charge in [-0.1, -0.05) is 0 Å². The van der Waals surface area contributed by atoms with E-state index in [9.17, 15) is 18.0 Å². The van der Waals surface area contributed by atoms with Crippen LogP contribution in [0.4, 0.5) is 19.1 Å². The van der Waals surface area contributed by atoms with Crippen molar-refractivity contribution in [2.24, 2.45) is 0 Å². The molecule has 112 valence electrons. The average molecular weight is 316 g/mol. The summed E-state index contributed by atoms with van der Waals surface area (Å²) in [7, 11) is 0. The second kappa shape index (κ2) is 6.53. The molecule has 0 unspecified atom stereocenters. The lowest BCUT2D eigenvalue weighted by molar-refractivity contribution is -0.141. The number of alkyl halides is 3. The average Bonchev–Trinajstić information content (AvgIpc) is 2.97. The quantitative estimate of drug-likeness (QED) is 0.831. The lowest BCUT2D eigenvalue weighted by atomic mass is 10.3. The van der Waals surface area contributed by atoms with Crippen molar-refractivity contribution >= 4 is 23.2 Å². The van der Waals surface area contributed by atoms with Crippen LogP contribution in [0, 0.1) is 0 Å². The van der Waals surface area contributed by atoms with Crippen LogP contribution in [0.25, 0.3) is 0 Å². The molecule has 2 heterocycles. The van der Waals surface area contributed by atoms with Gasteiger partial charge in [-0.3, -0.25) is 4.79 Å². The molecule has 21 heavy (non-hydrogen) atoms. The van der Waals surface area contributed by atoms with E-state index in [-0.39, 0.29) is 24.9 Å². The van der Waals surface area contributed by atoms with Gasteiger partial charge in [-0.05, 0) is 17.5 Å². The number of anilines is 1. The molecule has 0 radical (unpaired) electrons. The van der Waals surface area contributed by atoms with Crippen molar-refractivity contribution in [2.75, 3.05) is 18.4 Å². The van der Waals surface area contributed by atoms with Gasteiger partial charge in [0.1, 0.15) is 5.69 Å². The van der Waals surface area contributed by atoms with Gasteiger partial charge in [0.25, 0.3) is 5.91 Å². The van der Waals surface area contributed by atoms with Crippen LogP contribution in [0.3, 0.4) is 0 Å². The third-order valence-electron chi connectivity index (χ3n) is 2.42. The van der Waals surface area contributed by atoms with Gasteiger partial charge in [0, 0.05) is 30.2 Å². The van der Waals surface area contributed by atoms with Gasteiger partial charge >= 0.3 is 6.18 Å². The van der Waals surface area contributed by atoms with Crippen LogP contribution in [0.5, 0.6) is 0 Å². The molecule has 0 atom stereocenters. The molecule has 2 aromatic heterocycles. The summed E-state index contributed by atoms with van der Waals surface area (Å²) >= 11 is 1.40. The fourth-order valence-corrected chi connectivity index (χ4v) is 2.08. The number of rotatable bonds is 5. The van der Waals surface area contributed by atoms with Crippen molar-refractivity contribution in [2.45, 2.75) is 6.18 Å². The molecule has 9 heteroatoms. The van der Waals surface area contributed by atoms with Crippen LogP contribution in [0.2, 0.25) is 0 Å². The highest BCUT2D eigenvalue weighted by molar-refractivity contribution is 7.08. The Bertz CT molecular complexity index is 601. The SMILES string of the molecule is O=C(NCCNc1nccc(C(F)(F)F)n1)c1ccsc1. The summed E-state index contributed by atoms with van der Waals surface area (Å²) in [6, 6.07) is 2.48. The second-order valence-corrected chi connectivity index (χ2v) is 4.74. The van der Waals surface area contributed by atoms with Gasteiger partial charge < -0.3 is 10.6 Å². The number of halogens is 3. The Morgan fingerprint density at radius 1 is 1.29 bits per heavy atom. The number of hydrogen-bond acceptors (Lipinski definition) is 5. The Hall–Kier alpha value is -2.16. The van der Waals surface area contributed by atoms with E-state index in [1.54, 1.807) is 16.8 Å². The first kappa shape index (κ1) is 15.2. The summed E-state index contributed by atoms with van der Waals surface area (Å²) in [5.74, 6) is -0.363. The predicted octanol–water partition coefficient (Wildman–Crippen LogP) is 2.40. The minimum atomic E-state index is -4.51. The standard InChI is InChI=1S/C12H11F3N4OS/c13-12(14,15)9-1-3-17-11(19-9)18-5-4-16-10(20)8-2-6-21-7-8/h1-3,6-7H,4-5H2,(H,16,20)(H,17,18,19). The summed E-state index contributed by atoms with van der Waals surface area (Å²) in [5, 5.41) is 8.74. The van der Waals surface area contributed by atoms with E-state index in [0.717, 1.165) is 12.3 Å². The number of carbonyl (C=O) groups is 1. The van der Waals surface area contributed by atoms with Crippen LogP contribution in [-0.2, 0) is 6.18 Å². The first-order chi connectivity index (χ1) is 9.97. The molecule has 0 fully saturated rings. The molecule has 2 aromatic rings. The highest BCUT2D eigenvalue weighted by atomic mass is 32.1. The number of amides is 1. The maximum Gasteiger partial charge on any atom is 0.433 e. The van der Waals surface area contributed by atoms with Gasteiger partial charge in [0.2, 0.25) is 5.95 Å². The third kappa shape index (κ3) is 4.42. The Morgan fingerprint density at radius 3 is 2.76 bits per heavy atom. The predicted molar refractivity (Wildman–Crippen MR) is 72.2 cm³/mol. The molecule has 0 aliphatic carbocycles. The summed E-state index contributed by atoms with van der Waals surface area (Å²) in [4.78, 5) is 18.6. The summed E-state index contributed by atoms with van der Waals surface area (Å²) < 4.78 is 37.3. The number of nitrogens with one attached hydrogen (secondary N) is 2. The molecule has 0 bridgehead atoms. The number of nitrogens with zero attached hydrogens (tertiary/aromatic N) is 2. The van der Waals surface area contributed by atoms with Crippen molar-refractivity contribution in [3.05, 3.63) is 40.3 Å². The fraction of sp³-hybridized carbons (Fsp3) is 0.250. The minimum Gasteiger partial charge on any atom is -0.352 e. The molecule has 0 saturated heterocycles. The maximum absolute atomic E-state index is 12.4. The van der Waals surface area contributed by atoms with Crippen molar-refractivity contribution < 1.29 is 18.0 Å². The van der Waals surface area contributed by atoms with E-state index in [2.05, 4.69) is 20.6 Å². The van der Waals surface area contributed by atoms with Crippen LogP contribution < -0.4 is 10.6 Å². The molecule has 1 amide bonds. The topological polar surface area (TPSA) is 66.9 Å². The second-order valence-electron chi connectivity index (χ2n) is 3.96. The zero-order valence-corrected chi connectivity index (χ0v) is 11.5. The minimum absolute atomic E-state index is 0.130. The molecule has 0 spiro atoms. The zero-order valence-electron chi connectivity index (χ0n) is 10.6. The monoisotopic (exact) mass is 316 g/mol. The van der Waals surface area contributed by atoms with Crippen LogP contribution in [-0.4, -0.2) is 29.0 Å². The molecule has 0 aromatic carbocycles. The van der Waals surface area contributed by atoms with E-state index in [0.29, 0.717) is 5.56 Å². The van der Waals surface area contributed by atoms with Crippen LogP contribution in [0.15, 0.2) is 29.1 Å². The van der Waals surface area contributed by atoms with E-state index in [1.807, 2.05) is 0 Å². The van der Waals surface area contributed by atoms with Gasteiger partial charge in [-0.15, -0.1) is 0 Å². The van der Waals surface area contributed by atoms with Crippen molar-refractivity contribution in [1.82, 2.24) is 15.3 Å². The highest BCUT2D eigenvalue weighted by Crippen LogP contribution is 2.27. The van der Waals surface area contributed by atoms with Crippen LogP contribution in [0.1, 0.15) is 16.1 Å². The van der Waals surface area contributed by atoms with E-state index >= 15 is 0 Å². The van der Waals surface area contributed by atoms with Crippen molar-refractivity contribution in [3.63, 3.8) is 0 Å². The Morgan fingerprint density at radius 2 is 2.10 bits per heavy atom. The third-order valence-corrected chi connectivity index (χ3v) is 3.11. The van der Waals surface area contributed by atoms with Gasteiger partial charge in [-0.25, -0.2) is 9.97 Å². The number of thiophene rings is 1. The molecule has 5 nitrogen and oxygen atoms in total. The Kier molecular flexibility index (Phi) is 4.73. The molecular weight excluding hydrogens is 305 g/mol. The van der Waals surface area contributed by atoms with Crippen LogP contribution >= 0.6 is 11.3 Å². The molecule has 2 rings (SSSR count). The molecule has 2 N–H and O–H groups in total. The normalized spacial score (nSPS) is 11.2. The smallest absolute Gasteiger partial charge is 0.352 e. The lowest BCUT2D eigenvalue weighted by Gasteiger charge is -2.09. The number of hydrogen-bond donors (Lipinski definition) is 2. The summed E-state index contributed by atoms with van der Waals surface area (Å²) in [6.45, 7) is 0.464. The number of aromatic nitrogens is 2. The summed E-state index contributed by atoms with van der Waals surface area (Å²) in [6.07, 6.45) is -3.48.